The Bertz CT molecular complexity index is 523. The normalized spacial score (nSPS) is 9.93. The molecule has 0 atom stereocenters. The minimum atomic E-state index is -0.0220. The zero-order chi connectivity index (χ0) is 10.7. The molecule has 0 spiro atoms. The Labute approximate surface area is 87.5 Å². The van der Waals surface area contributed by atoms with Gasteiger partial charge < -0.3 is 0 Å². The summed E-state index contributed by atoms with van der Waals surface area (Å²) in [6, 6.07) is 8.91. The Balaban J connectivity index is 2.71. The van der Waals surface area contributed by atoms with Crippen molar-refractivity contribution in [3.63, 3.8) is 0 Å². The highest BCUT2D eigenvalue weighted by Gasteiger charge is 2.04. The Morgan fingerprint density at radius 2 is 1.67 bits per heavy atom. The quantitative estimate of drug-likeness (QED) is 0.701. The molecule has 2 aromatic rings. The van der Waals surface area contributed by atoms with Gasteiger partial charge in [-0.3, -0.25) is 4.79 Å². The summed E-state index contributed by atoms with van der Waals surface area (Å²) in [5.74, 6) is 0.474. The van der Waals surface area contributed by atoms with Gasteiger partial charge in [-0.1, -0.05) is 18.2 Å². The second-order valence-electron chi connectivity index (χ2n) is 3.22. The second kappa shape index (κ2) is 4.00. The lowest BCUT2D eigenvalue weighted by Gasteiger charge is -1.94. The van der Waals surface area contributed by atoms with Crippen LogP contribution in [0.5, 0.6) is 0 Å². The third-order valence-corrected chi connectivity index (χ3v) is 2.13. The molecular formula is C12H10N2O. The molecule has 0 aliphatic rings. The first kappa shape index (κ1) is 9.52. The zero-order valence-electron chi connectivity index (χ0n) is 8.34. The molecule has 1 heterocycles. The van der Waals surface area contributed by atoms with Crippen LogP contribution in [0.3, 0.4) is 0 Å². The van der Waals surface area contributed by atoms with Crippen molar-refractivity contribution >= 4 is 0 Å². The fourth-order valence-corrected chi connectivity index (χ4v) is 1.33. The minimum Gasteiger partial charge on any atom is -0.289 e. The third-order valence-electron chi connectivity index (χ3n) is 2.13. The van der Waals surface area contributed by atoms with E-state index in [-0.39, 0.29) is 5.43 Å². The van der Waals surface area contributed by atoms with E-state index in [0.29, 0.717) is 17.0 Å². The summed E-state index contributed by atoms with van der Waals surface area (Å²) in [7, 11) is 0. The lowest BCUT2D eigenvalue weighted by Crippen LogP contribution is -2.06. The molecule has 0 amide bonds. The van der Waals surface area contributed by atoms with Gasteiger partial charge >= 0.3 is 0 Å². The van der Waals surface area contributed by atoms with Crippen molar-refractivity contribution in [2.24, 2.45) is 0 Å². The lowest BCUT2D eigenvalue weighted by atomic mass is 10.2. The first-order valence-corrected chi connectivity index (χ1v) is 4.66. The van der Waals surface area contributed by atoms with Crippen molar-refractivity contribution in [1.82, 2.24) is 9.97 Å². The van der Waals surface area contributed by atoms with Crippen molar-refractivity contribution in [1.29, 1.82) is 0 Å². The maximum atomic E-state index is 11.9. The van der Waals surface area contributed by atoms with Crippen molar-refractivity contribution in [3.05, 3.63) is 58.5 Å². The minimum absolute atomic E-state index is 0.0220. The van der Waals surface area contributed by atoms with E-state index in [9.17, 15) is 4.79 Å². The van der Waals surface area contributed by atoms with Crippen LogP contribution in [-0.2, 0) is 0 Å². The highest BCUT2D eigenvalue weighted by molar-refractivity contribution is 5.54. The molecule has 0 saturated carbocycles. The highest BCUT2D eigenvalue weighted by atomic mass is 16.1. The average molecular weight is 198 g/mol. The second-order valence-corrected chi connectivity index (χ2v) is 3.22. The van der Waals surface area contributed by atoms with Crippen LogP contribution in [0.25, 0.3) is 11.4 Å². The Hall–Kier alpha value is -2.03. The highest BCUT2D eigenvalue weighted by Crippen LogP contribution is 2.07. The lowest BCUT2D eigenvalue weighted by molar-refractivity contribution is 1.17. The van der Waals surface area contributed by atoms with Crippen LogP contribution in [0.2, 0.25) is 0 Å². The standard InChI is InChI=1S/C12H10N2O/c1-9-5-2-3-6-10(11(9)15)12-13-7-4-8-14-12/h2-8H,1H3. The largest absolute Gasteiger partial charge is 0.289 e. The Morgan fingerprint density at radius 3 is 2.40 bits per heavy atom. The van der Waals surface area contributed by atoms with Gasteiger partial charge in [0.05, 0.1) is 5.56 Å². The van der Waals surface area contributed by atoms with Gasteiger partial charge in [0.2, 0.25) is 0 Å². The Morgan fingerprint density at radius 1 is 1.00 bits per heavy atom. The van der Waals surface area contributed by atoms with Gasteiger partial charge in [0.15, 0.2) is 11.3 Å². The van der Waals surface area contributed by atoms with Gasteiger partial charge in [-0.25, -0.2) is 9.97 Å². The van der Waals surface area contributed by atoms with Gasteiger partial charge in [0, 0.05) is 12.4 Å². The summed E-state index contributed by atoms with van der Waals surface area (Å²) < 4.78 is 0. The van der Waals surface area contributed by atoms with E-state index in [0.717, 1.165) is 0 Å². The molecule has 0 unspecified atom stereocenters. The van der Waals surface area contributed by atoms with E-state index in [2.05, 4.69) is 9.97 Å². The van der Waals surface area contributed by atoms with Gasteiger partial charge in [0.1, 0.15) is 0 Å². The van der Waals surface area contributed by atoms with Gasteiger partial charge in [-0.2, -0.15) is 0 Å². The van der Waals surface area contributed by atoms with Crippen molar-refractivity contribution in [3.8, 4) is 11.4 Å². The van der Waals surface area contributed by atoms with Gasteiger partial charge in [-0.15, -0.1) is 0 Å². The summed E-state index contributed by atoms with van der Waals surface area (Å²) in [6.45, 7) is 1.79. The molecule has 0 saturated heterocycles. The third kappa shape index (κ3) is 1.91. The summed E-state index contributed by atoms with van der Waals surface area (Å²) in [5.41, 5.74) is 1.21. The zero-order valence-corrected chi connectivity index (χ0v) is 8.34. The molecule has 0 bridgehead atoms. The maximum Gasteiger partial charge on any atom is 0.192 e. The first-order chi connectivity index (χ1) is 7.29. The number of aromatic nitrogens is 2. The summed E-state index contributed by atoms with van der Waals surface area (Å²) in [4.78, 5) is 20.0. The molecule has 1 aromatic heterocycles. The number of hydrogen-bond acceptors (Lipinski definition) is 3. The first-order valence-electron chi connectivity index (χ1n) is 4.66. The van der Waals surface area contributed by atoms with Crippen LogP contribution in [-0.4, -0.2) is 9.97 Å². The fourth-order valence-electron chi connectivity index (χ4n) is 1.33. The monoisotopic (exact) mass is 198 g/mol. The van der Waals surface area contributed by atoms with Gasteiger partial charge in [0.25, 0.3) is 0 Å². The molecule has 0 aliphatic heterocycles. The molecule has 15 heavy (non-hydrogen) atoms. The molecule has 3 nitrogen and oxygen atoms in total. The van der Waals surface area contributed by atoms with Crippen LogP contribution in [0.4, 0.5) is 0 Å². The molecule has 1 aromatic carbocycles. The van der Waals surface area contributed by atoms with Gasteiger partial charge in [-0.05, 0) is 24.6 Å². The topological polar surface area (TPSA) is 42.9 Å². The number of nitrogens with zero attached hydrogens (tertiary/aromatic N) is 2. The molecule has 2 rings (SSSR count). The molecule has 0 aliphatic carbocycles. The van der Waals surface area contributed by atoms with E-state index in [4.69, 9.17) is 0 Å². The van der Waals surface area contributed by atoms with Crippen LogP contribution in [0.15, 0.2) is 47.5 Å². The van der Waals surface area contributed by atoms with E-state index < -0.39 is 0 Å². The Kier molecular flexibility index (Phi) is 2.54. The molecule has 74 valence electrons. The molecule has 0 N–H and O–H groups in total. The van der Waals surface area contributed by atoms with E-state index in [1.54, 1.807) is 37.5 Å². The maximum absolute atomic E-state index is 11.9. The van der Waals surface area contributed by atoms with Crippen molar-refractivity contribution in [2.45, 2.75) is 6.92 Å². The molecular weight excluding hydrogens is 188 g/mol. The fraction of sp³-hybridized carbons (Fsp3) is 0.0833. The van der Waals surface area contributed by atoms with Crippen LogP contribution in [0.1, 0.15) is 5.56 Å². The predicted octanol–water partition coefficient (Wildman–Crippen LogP) is 1.81. The number of hydrogen-bond donors (Lipinski definition) is 0. The van der Waals surface area contributed by atoms with Crippen molar-refractivity contribution in [2.75, 3.05) is 0 Å². The molecule has 3 heteroatoms. The smallest absolute Gasteiger partial charge is 0.192 e. The average Bonchev–Trinajstić information content (AvgIpc) is 2.44. The predicted molar refractivity (Wildman–Crippen MR) is 58.5 cm³/mol. The van der Waals surface area contributed by atoms with Crippen molar-refractivity contribution < 1.29 is 0 Å². The molecule has 0 radical (unpaired) electrons. The summed E-state index contributed by atoms with van der Waals surface area (Å²) >= 11 is 0. The van der Waals surface area contributed by atoms with Crippen LogP contribution >= 0.6 is 0 Å². The van der Waals surface area contributed by atoms with E-state index in [1.165, 1.54) is 0 Å². The number of rotatable bonds is 1. The molecule has 0 fully saturated rings. The van der Waals surface area contributed by atoms with Crippen LogP contribution in [0, 0.1) is 6.92 Å². The van der Waals surface area contributed by atoms with E-state index in [1.807, 2.05) is 12.1 Å². The summed E-state index contributed by atoms with van der Waals surface area (Å²) in [6.07, 6.45) is 3.26. The summed E-state index contributed by atoms with van der Waals surface area (Å²) in [5, 5.41) is 0. The SMILES string of the molecule is Cc1ccccc(-c2ncccn2)c1=O. The number of aryl methyl sites for hydroxylation is 1. The van der Waals surface area contributed by atoms with Crippen LogP contribution < -0.4 is 5.43 Å². The van der Waals surface area contributed by atoms with E-state index >= 15 is 0 Å².